The summed E-state index contributed by atoms with van der Waals surface area (Å²) in [5, 5.41) is 21.4. The number of carbonyl (C=O) groups excluding carboxylic acids is 1. The number of hydrogen-bond donors (Lipinski definition) is 3. The van der Waals surface area contributed by atoms with Gasteiger partial charge < -0.3 is 10.4 Å². The van der Waals surface area contributed by atoms with Crippen LogP contribution in [-0.4, -0.2) is 32.3 Å². The van der Waals surface area contributed by atoms with Gasteiger partial charge in [-0.25, -0.2) is 14.6 Å². The van der Waals surface area contributed by atoms with E-state index in [2.05, 4.69) is 25.8 Å². The van der Waals surface area contributed by atoms with E-state index in [0.717, 1.165) is 0 Å². The Hall–Kier alpha value is -2.55. The van der Waals surface area contributed by atoms with Crippen LogP contribution in [0.4, 0.5) is 9.93 Å². The molecule has 2 amide bonds. The Kier molecular flexibility index (Phi) is 3.98. The number of hydrogen-bond acceptors (Lipinski definition) is 6. The number of pyridine rings is 1. The van der Waals surface area contributed by atoms with E-state index in [-0.39, 0.29) is 12.2 Å². The van der Waals surface area contributed by atoms with Gasteiger partial charge in [0.15, 0.2) is 0 Å². The Morgan fingerprint density at radius 2 is 2.21 bits per heavy atom. The van der Waals surface area contributed by atoms with Crippen molar-refractivity contribution >= 4 is 28.5 Å². The van der Waals surface area contributed by atoms with Crippen LogP contribution in [0.5, 0.6) is 0 Å². The summed E-state index contributed by atoms with van der Waals surface area (Å²) in [6, 6.07) is 2.54. The summed E-state index contributed by atoms with van der Waals surface area (Å²) >= 11 is 1.21. The van der Waals surface area contributed by atoms with Gasteiger partial charge in [0.1, 0.15) is 11.2 Å². The zero-order valence-corrected chi connectivity index (χ0v) is 10.3. The lowest BCUT2D eigenvalue weighted by Gasteiger charge is -2.05. The van der Waals surface area contributed by atoms with Crippen molar-refractivity contribution < 1.29 is 14.7 Å². The Morgan fingerprint density at radius 1 is 1.37 bits per heavy atom. The topological polar surface area (TPSA) is 117 Å². The minimum atomic E-state index is -1.09. The molecule has 2 aromatic rings. The number of nitrogens with zero attached hydrogens (tertiary/aromatic N) is 3. The number of carboxylic acid groups (broad SMARTS) is 1. The van der Waals surface area contributed by atoms with Crippen LogP contribution in [-0.2, 0) is 6.54 Å². The standard InChI is InChI=1S/C10H9N5O3S/c16-8(17)7-2-1-6(3-11-7)4-12-9(18)14-10-15-13-5-19-10/h1-3,5H,4H2,(H,16,17)(H2,12,14,15,18). The monoisotopic (exact) mass is 279 g/mol. The van der Waals surface area contributed by atoms with E-state index >= 15 is 0 Å². The third-order valence-electron chi connectivity index (χ3n) is 2.08. The van der Waals surface area contributed by atoms with Crippen LogP contribution >= 0.6 is 11.3 Å². The smallest absolute Gasteiger partial charge is 0.354 e. The molecule has 0 bridgehead atoms. The summed E-state index contributed by atoms with van der Waals surface area (Å²) in [4.78, 5) is 25.8. The molecular formula is C10H9N5O3S. The molecule has 2 heterocycles. The van der Waals surface area contributed by atoms with Gasteiger partial charge in [-0.3, -0.25) is 5.32 Å². The maximum Gasteiger partial charge on any atom is 0.354 e. The molecule has 0 atom stereocenters. The summed E-state index contributed by atoms with van der Waals surface area (Å²) in [6.45, 7) is 0.234. The van der Waals surface area contributed by atoms with Gasteiger partial charge >= 0.3 is 12.0 Å². The number of amides is 2. The van der Waals surface area contributed by atoms with Crippen molar-refractivity contribution in [2.45, 2.75) is 6.54 Å². The average molecular weight is 279 g/mol. The molecule has 0 aliphatic rings. The van der Waals surface area contributed by atoms with Crippen LogP contribution in [0, 0.1) is 0 Å². The molecule has 0 aromatic carbocycles. The predicted molar refractivity (Wildman–Crippen MR) is 67.0 cm³/mol. The fourth-order valence-corrected chi connectivity index (χ4v) is 1.65. The van der Waals surface area contributed by atoms with Crippen LogP contribution < -0.4 is 10.6 Å². The average Bonchev–Trinajstić information content (AvgIpc) is 2.89. The van der Waals surface area contributed by atoms with E-state index in [1.165, 1.54) is 29.1 Å². The summed E-state index contributed by atoms with van der Waals surface area (Å²) < 4.78 is 0. The lowest BCUT2D eigenvalue weighted by molar-refractivity contribution is 0.0690. The number of urea groups is 1. The second-order valence-electron chi connectivity index (χ2n) is 3.41. The van der Waals surface area contributed by atoms with Crippen molar-refractivity contribution in [2.75, 3.05) is 5.32 Å². The lowest BCUT2D eigenvalue weighted by Crippen LogP contribution is -2.28. The number of carboxylic acids is 1. The van der Waals surface area contributed by atoms with E-state index in [1.54, 1.807) is 6.07 Å². The number of aromatic nitrogens is 3. The fourth-order valence-electron chi connectivity index (χ4n) is 1.21. The molecule has 0 saturated heterocycles. The SMILES string of the molecule is O=C(NCc1ccc(C(=O)O)nc1)Nc1nncs1. The molecular weight excluding hydrogens is 270 g/mol. The Morgan fingerprint density at radius 3 is 2.79 bits per heavy atom. The number of rotatable bonds is 4. The number of nitrogens with one attached hydrogen (secondary N) is 2. The highest BCUT2D eigenvalue weighted by Gasteiger charge is 2.06. The maximum absolute atomic E-state index is 11.5. The molecule has 98 valence electrons. The van der Waals surface area contributed by atoms with E-state index in [0.29, 0.717) is 10.7 Å². The summed E-state index contributed by atoms with van der Waals surface area (Å²) in [5.74, 6) is -1.09. The van der Waals surface area contributed by atoms with E-state index in [1.807, 2.05) is 0 Å². The number of anilines is 1. The van der Waals surface area contributed by atoms with Gasteiger partial charge in [-0.2, -0.15) is 0 Å². The molecule has 0 aliphatic heterocycles. The first-order valence-corrected chi connectivity index (χ1v) is 6.02. The Balaban J connectivity index is 1.84. The Labute approximate surface area is 111 Å². The lowest BCUT2D eigenvalue weighted by atomic mass is 10.2. The van der Waals surface area contributed by atoms with Gasteiger partial charge in [-0.15, -0.1) is 10.2 Å². The third-order valence-corrected chi connectivity index (χ3v) is 2.68. The molecule has 0 aliphatic carbocycles. The van der Waals surface area contributed by atoms with Gasteiger partial charge in [0.2, 0.25) is 5.13 Å². The zero-order chi connectivity index (χ0) is 13.7. The molecule has 3 N–H and O–H groups in total. The van der Waals surface area contributed by atoms with Crippen LogP contribution in [0.3, 0.4) is 0 Å². The molecule has 19 heavy (non-hydrogen) atoms. The van der Waals surface area contributed by atoms with Crippen LogP contribution in [0.25, 0.3) is 0 Å². The number of carbonyl (C=O) groups is 2. The van der Waals surface area contributed by atoms with E-state index < -0.39 is 12.0 Å². The van der Waals surface area contributed by atoms with Crippen molar-refractivity contribution in [1.29, 1.82) is 0 Å². The quantitative estimate of drug-likeness (QED) is 0.767. The first-order valence-electron chi connectivity index (χ1n) is 5.14. The molecule has 2 aromatic heterocycles. The van der Waals surface area contributed by atoms with Crippen molar-refractivity contribution in [3.8, 4) is 0 Å². The largest absolute Gasteiger partial charge is 0.477 e. The van der Waals surface area contributed by atoms with Crippen molar-refractivity contribution in [3.05, 3.63) is 35.1 Å². The minimum Gasteiger partial charge on any atom is -0.477 e. The molecule has 0 fully saturated rings. The van der Waals surface area contributed by atoms with Gasteiger partial charge in [0.05, 0.1) is 0 Å². The molecule has 0 unspecified atom stereocenters. The minimum absolute atomic E-state index is 0.0398. The molecule has 8 nitrogen and oxygen atoms in total. The van der Waals surface area contributed by atoms with Gasteiger partial charge in [0, 0.05) is 12.7 Å². The van der Waals surface area contributed by atoms with Crippen LogP contribution in [0.2, 0.25) is 0 Å². The second kappa shape index (κ2) is 5.87. The second-order valence-corrected chi connectivity index (χ2v) is 4.24. The highest BCUT2D eigenvalue weighted by molar-refractivity contribution is 7.13. The molecule has 0 spiro atoms. The van der Waals surface area contributed by atoms with E-state index in [4.69, 9.17) is 5.11 Å². The number of aromatic carboxylic acids is 1. The zero-order valence-electron chi connectivity index (χ0n) is 9.53. The third kappa shape index (κ3) is 3.71. The van der Waals surface area contributed by atoms with E-state index in [9.17, 15) is 9.59 Å². The molecule has 0 saturated carbocycles. The molecule has 2 rings (SSSR count). The van der Waals surface area contributed by atoms with Gasteiger partial charge in [0.25, 0.3) is 0 Å². The predicted octanol–water partition coefficient (Wildman–Crippen LogP) is 0.953. The van der Waals surface area contributed by atoms with Crippen molar-refractivity contribution in [2.24, 2.45) is 0 Å². The first-order chi connectivity index (χ1) is 9.15. The summed E-state index contributed by atoms with van der Waals surface area (Å²) in [7, 11) is 0. The summed E-state index contributed by atoms with van der Waals surface area (Å²) in [6.07, 6.45) is 1.40. The van der Waals surface area contributed by atoms with Gasteiger partial charge in [-0.05, 0) is 11.6 Å². The first kappa shape index (κ1) is 12.9. The molecule has 9 heteroatoms. The van der Waals surface area contributed by atoms with Crippen LogP contribution in [0.15, 0.2) is 23.8 Å². The normalized spacial score (nSPS) is 9.89. The maximum atomic E-state index is 11.5. The van der Waals surface area contributed by atoms with Crippen molar-refractivity contribution in [1.82, 2.24) is 20.5 Å². The van der Waals surface area contributed by atoms with Crippen LogP contribution in [0.1, 0.15) is 16.1 Å². The molecule has 0 radical (unpaired) electrons. The Bertz CT molecular complexity index is 569. The fraction of sp³-hybridized carbons (Fsp3) is 0.100. The van der Waals surface area contributed by atoms with Gasteiger partial charge in [-0.1, -0.05) is 17.4 Å². The highest BCUT2D eigenvalue weighted by atomic mass is 32.1. The summed E-state index contributed by atoms with van der Waals surface area (Å²) in [5.41, 5.74) is 2.16. The van der Waals surface area contributed by atoms with Crippen molar-refractivity contribution in [3.63, 3.8) is 0 Å². The highest BCUT2D eigenvalue weighted by Crippen LogP contribution is 2.07.